The molecule has 18 heteroatoms. The predicted octanol–water partition coefficient (Wildman–Crippen LogP) is -0.752. The molecule has 4 aliphatic heterocycles. The average Bonchev–Trinajstić information content (AvgIpc) is 3.70. The Bertz CT molecular complexity index is 1540. The van der Waals surface area contributed by atoms with Gasteiger partial charge in [0.25, 0.3) is 0 Å². The molecule has 0 bridgehead atoms. The van der Waals surface area contributed by atoms with E-state index in [1.165, 1.54) is 6.92 Å². The first-order valence-corrected chi connectivity index (χ1v) is 23.7. The van der Waals surface area contributed by atoms with E-state index in [2.05, 4.69) is 20.8 Å². The van der Waals surface area contributed by atoms with Crippen LogP contribution in [0.3, 0.4) is 0 Å². The summed E-state index contributed by atoms with van der Waals surface area (Å²) in [5.41, 5.74) is 0.0866. The molecule has 8 rings (SSSR count). The highest BCUT2D eigenvalue weighted by molar-refractivity contribution is 5.15. The summed E-state index contributed by atoms with van der Waals surface area (Å²) in [5.74, 6) is 0.658. The molecule has 0 amide bonds. The Balaban J connectivity index is 0.868. The zero-order valence-corrected chi connectivity index (χ0v) is 37.3. The van der Waals surface area contributed by atoms with E-state index in [0.29, 0.717) is 36.5 Å². The fourth-order valence-corrected chi connectivity index (χ4v) is 14.1. The monoisotopic (exact) mass is 905 g/mol. The van der Waals surface area contributed by atoms with Gasteiger partial charge in [-0.3, -0.25) is 0 Å². The van der Waals surface area contributed by atoms with E-state index < -0.39 is 111 Å². The average molecular weight is 905 g/mol. The first-order valence-electron chi connectivity index (χ1n) is 23.7. The molecule has 4 saturated heterocycles. The zero-order valence-electron chi connectivity index (χ0n) is 37.3. The molecule has 4 heterocycles. The fraction of sp³-hybridized carbons (Fsp3) is 1.00. The van der Waals surface area contributed by atoms with E-state index in [-0.39, 0.29) is 47.4 Å². The molecule has 18 nitrogen and oxygen atoms in total. The standard InChI is InChI=1S/C45H76O18/c1-19(18-57-40-37(54)35(52)32(49)28(16-46)60-40)8-13-45(56)20(2)30-27(63-45)15-26-24-7-6-22-14-23(9-11-43(22,4)25(24)10-12-44(26,30)5)59-42-39(36(53)33(50)29(17-47)61-42)62-41-38(55)34(51)31(48)21(3)58-41/h19-42,46-56H,6-18H2,1-5H3/t19-,20+,21+,22+,23+,24-,25+,26+,27+,28-,29-,30+,31+,32-,33-,34-,35+,36+,37-,38-,39-,40-,41+,42-,43+,44+,45+/m1/s1. The van der Waals surface area contributed by atoms with Gasteiger partial charge in [-0.15, -0.1) is 0 Å². The largest absolute Gasteiger partial charge is 0.394 e. The normalized spacial score (nSPS) is 56.3. The summed E-state index contributed by atoms with van der Waals surface area (Å²) < 4.78 is 42.2. The van der Waals surface area contributed by atoms with Crippen LogP contribution < -0.4 is 0 Å². The first kappa shape index (κ1) is 48.7. The molecule has 4 aliphatic carbocycles. The molecular weight excluding hydrogens is 828 g/mol. The van der Waals surface area contributed by atoms with Crippen molar-refractivity contribution >= 4 is 0 Å². The number of rotatable bonds is 12. The van der Waals surface area contributed by atoms with E-state index in [1.807, 2.05) is 6.92 Å². The molecule has 0 aromatic rings. The lowest BCUT2D eigenvalue weighted by Crippen LogP contribution is -2.64. The zero-order chi connectivity index (χ0) is 45.5. The molecule has 8 fully saturated rings. The van der Waals surface area contributed by atoms with Gasteiger partial charge < -0.3 is 89.3 Å². The molecule has 0 unspecified atom stereocenters. The number of aliphatic hydroxyl groups excluding tert-OH is 10. The van der Waals surface area contributed by atoms with Gasteiger partial charge in [-0.25, -0.2) is 0 Å². The van der Waals surface area contributed by atoms with Crippen molar-refractivity contribution in [3.8, 4) is 0 Å². The third kappa shape index (κ3) is 8.60. The minimum atomic E-state index is -1.64. The molecule has 11 N–H and O–H groups in total. The van der Waals surface area contributed by atoms with Crippen LogP contribution in [0.2, 0.25) is 0 Å². The van der Waals surface area contributed by atoms with Crippen LogP contribution in [0.15, 0.2) is 0 Å². The number of fused-ring (bicyclic) bond motifs is 7. The van der Waals surface area contributed by atoms with Gasteiger partial charge in [0.2, 0.25) is 0 Å². The second-order valence-corrected chi connectivity index (χ2v) is 21.4. The van der Waals surface area contributed by atoms with Gasteiger partial charge in [0.1, 0.15) is 67.1 Å². The molecule has 63 heavy (non-hydrogen) atoms. The van der Waals surface area contributed by atoms with Gasteiger partial charge in [-0.2, -0.15) is 0 Å². The molecule has 8 aliphatic rings. The molecule has 0 aromatic heterocycles. The SMILES string of the molecule is C[C@H](CC[C@]1(O)O[C@H]2C[C@H]3[C@@H]4CC[C@H]5C[C@@H](O[C@@H]6O[C@H](CO)[C@@H](O)[C@H](O)[C@H]6O[C@@H]6O[C@@H](C)[C@H](O)[C@@H](O)[C@H]6O)CC[C@]5(C)[C@H]4CC[C@]3(C)[C@H]2[C@@H]1C)CO[C@@H]1O[C@H](CO)[C@@H](O)[C@H](O)[C@H]1O. The Kier molecular flexibility index (Phi) is 14.4. The van der Waals surface area contributed by atoms with Crippen molar-refractivity contribution in [3.63, 3.8) is 0 Å². The van der Waals surface area contributed by atoms with Crippen LogP contribution in [-0.2, 0) is 33.2 Å². The minimum Gasteiger partial charge on any atom is -0.394 e. The third-order valence-corrected chi connectivity index (χ3v) is 17.9. The second kappa shape index (κ2) is 18.6. The van der Waals surface area contributed by atoms with Crippen LogP contribution in [0.5, 0.6) is 0 Å². The molecule has 4 saturated carbocycles. The molecule has 0 aromatic carbocycles. The number of hydrogen-bond acceptors (Lipinski definition) is 18. The Morgan fingerprint density at radius 2 is 1.29 bits per heavy atom. The van der Waals surface area contributed by atoms with Crippen LogP contribution in [0.25, 0.3) is 0 Å². The smallest absolute Gasteiger partial charge is 0.187 e. The Hall–Kier alpha value is -0.720. The molecular formula is C45H76O18. The van der Waals surface area contributed by atoms with Crippen molar-refractivity contribution in [2.45, 2.75) is 209 Å². The molecule has 0 radical (unpaired) electrons. The summed E-state index contributed by atoms with van der Waals surface area (Å²) in [5, 5.41) is 115. The van der Waals surface area contributed by atoms with Crippen molar-refractivity contribution in [2.24, 2.45) is 52.3 Å². The highest BCUT2D eigenvalue weighted by Gasteiger charge is 2.68. The molecule has 0 spiro atoms. The van der Waals surface area contributed by atoms with Gasteiger partial charge in [0.15, 0.2) is 24.7 Å². The number of ether oxygens (including phenoxy) is 7. The van der Waals surface area contributed by atoms with E-state index in [4.69, 9.17) is 33.2 Å². The fourth-order valence-electron chi connectivity index (χ4n) is 14.1. The molecule has 364 valence electrons. The van der Waals surface area contributed by atoms with Crippen molar-refractivity contribution in [1.29, 1.82) is 0 Å². The second-order valence-electron chi connectivity index (χ2n) is 21.4. The summed E-state index contributed by atoms with van der Waals surface area (Å²) >= 11 is 0. The van der Waals surface area contributed by atoms with E-state index >= 15 is 0 Å². The van der Waals surface area contributed by atoms with Crippen molar-refractivity contribution in [1.82, 2.24) is 0 Å². The van der Waals surface area contributed by atoms with Crippen LogP contribution in [0.4, 0.5) is 0 Å². The maximum atomic E-state index is 12.1. The molecule has 27 atom stereocenters. The quantitative estimate of drug-likeness (QED) is 0.107. The van der Waals surface area contributed by atoms with Crippen LogP contribution >= 0.6 is 0 Å². The number of hydrogen-bond donors (Lipinski definition) is 11. The summed E-state index contributed by atoms with van der Waals surface area (Å²) in [6.45, 7) is 9.57. The van der Waals surface area contributed by atoms with Gasteiger partial charge >= 0.3 is 0 Å². The lowest BCUT2D eigenvalue weighted by Gasteiger charge is -2.61. The summed E-state index contributed by atoms with van der Waals surface area (Å²) in [4.78, 5) is 0. The van der Waals surface area contributed by atoms with Gasteiger partial charge in [-0.05, 0) is 111 Å². The van der Waals surface area contributed by atoms with Gasteiger partial charge in [0, 0.05) is 12.3 Å². The van der Waals surface area contributed by atoms with Crippen molar-refractivity contribution in [3.05, 3.63) is 0 Å². The Labute approximate surface area is 369 Å². The number of aliphatic hydroxyl groups is 11. The maximum absolute atomic E-state index is 12.1. The lowest BCUT2D eigenvalue weighted by molar-refractivity contribution is -0.371. The van der Waals surface area contributed by atoms with Crippen LogP contribution in [0.1, 0.15) is 98.8 Å². The predicted molar refractivity (Wildman–Crippen MR) is 218 cm³/mol. The Morgan fingerprint density at radius 3 is 1.98 bits per heavy atom. The Morgan fingerprint density at radius 1 is 0.651 bits per heavy atom. The van der Waals surface area contributed by atoms with E-state index in [0.717, 1.165) is 51.4 Å². The van der Waals surface area contributed by atoms with Crippen molar-refractivity contribution in [2.75, 3.05) is 19.8 Å². The summed E-state index contributed by atoms with van der Waals surface area (Å²) in [6, 6.07) is 0. The maximum Gasteiger partial charge on any atom is 0.187 e. The van der Waals surface area contributed by atoms with E-state index in [1.54, 1.807) is 0 Å². The third-order valence-electron chi connectivity index (χ3n) is 17.9. The van der Waals surface area contributed by atoms with Gasteiger partial charge in [0.05, 0.1) is 38.1 Å². The lowest BCUT2D eigenvalue weighted by atomic mass is 9.44. The van der Waals surface area contributed by atoms with Gasteiger partial charge in [-0.1, -0.05) is 27.7 Å². The van der Waals surface area contributed by atoms with Crippen LogP contribution in [-0.4, -0.2) is 186 Å². The van der Waals surface area contributed by atoms with Crippen LogP contribution in [0, 0.1) is 52.3 Å². The summed E-state index contributed by atoms with van der Waals surface area (Å²) in [6.07, 6.45) is -12.1. The van der Waals surface area contributed by atoms with Crippen molar-refractivity contribution < 1.29 is 89.3 Å². The van der Waals surface area contributed by atoms with E-state index in [9.17, 15) is 56.2 Å². The topological polar surface area (TPSA) is 287 Å². The summed E-state index contributed by atoms with van der Waals surface area (Å²) in [7, 11) is 0. The highest BCUT2D eigenvalue weighted by Crippen LogP contribution is 2.71. The minimum absolute atomic E-state index is 0.0145. The highest BCUT2D eigenvalue weighted by atomic mass is 16.8. The first-order chi connectivity index (χ1) is 29.8.